The molecular weight excluding hydrogens is 462 g/mol. The number of aromatic nitrogens is 1. The van der Waals surface area contributed by atoms with Crippen LogP contribution in [0.2, 0.25) is 0 Å². The van der Waals surface area contributed by atoms with Crippen molar-refractivity contribution in [3.8, 4) is 0 Å². The minimum Gasteiger partial charge on any atom is -0.324 e. The minimum absolute atomic E-state index is 0.0888. The third-order valence-electron chi connectivity index (χ3n) is 4.86. The van der Waals surface area contributed by atoms with E-state index in [4.69, 9.17) is 0 Å². The Morgan fingerprint density at radius 1 is 1.14 bits per heavy atom. The summed E-state index contributed by atoms with van der Waals surface area (Å²) < 4.78 is 28.0. The molecule has 0 bridgehead atoms. The summed E-state index contributed by atoms with van der Waals surface area (Å²) in [5, 5.41) is 3.93. The molecule has 1 aromatic carbocycles. The predicted octanol–water partition coefficient (Wildman–Crippen LogP) is 4.10. The zero-order valence-electron chi connectivity index (χ0n) is 14.8. The number of fused-ring (bicyclic) bond motifs is 1. The number of benzene rings is 1. The molecule has 1 N–H and O–H groups in total. The molecule has 0 unspecified atom stereocenters. The summed E-state index contributed by atoms with van der Waals surface area (Å²) in [6.45, 7) is 0.674. The first-order valence-electron chi connectivity index (χ1n) is 8.85. The van der Waals surface area contributed by atoms with Crippen molar-refractivity contribution < 1.29 is 13.2 Å². The maximum absolute atomic E-state index is 12.7. The number of thiophene rings is 1. The van der Waals surface area contributed by atoms with Crippen LogP contribution in [0.15, 0.2) is 56.7 Å². The number of nitrogens with one attached hydrogen (secondary N) is 1. The zero-order valence-corrected chi connectivity index (χ0v) is 18.1. The van der Waals surface area contributed by atoms with E-state index in [1.54, 1.807) is 18.3 Å². The standard InChI is InChI=1S/C19H18BrN3O3S2/c20-16-6-7-17(27-16)28(25,26)23-11-8-14(9-12-23)19(24)22-15-5-1-3-13-4-2-10-21-18(13)15/h1-7,10,14H,8-9,11-12H2,(H,22,24). The predicted molar refractivity (Wildman–Crippen MR) is 114 cm³/mol. The van der Waals surface area contributed by atoms with E-state index in [2.05, 4.69) is 26.2 Å². The number of nitrogens with zero attached hydrogens (tertiary/aromatic N) is 2. The average Bonchev–Trinajstić information content (AvgIpc) is 3.15. The fourth-order valence-electron chi connectivity index (χ4n) is 3.36. The molecule has 1 aliphatic rings. The van der Waals surface area contributed by atoms with Gasteiger partial charge in [0.15, 0.2) is 0 Å². The highest BCUT2D eigenvalue weighted by Crippen LogP contribution is 2.31. The van der Waals surface area contributed by atoms with Gasteiger partial charge in [0.05, 0.1) is 15.0 Å². The SMILES string of the molecule is O=C(Nc1cccc2cccnc12)C1CCN(S(=O)(=O)c2ccc(Br)s2)CC1. The molecule has 1 amide bonds. The highest BCUT2D eigenvalue weighted by molar-refractivity contribution is 9.11. The van der Waals surface area contributed by atoms with E-state index in [1.807, 2.05) is 30.3 Å². The number of anilines is 1. The third kappa shape index (κ3) is 3.84. The van der Waals surface area contributed by atoms with E-state index in [0.717, 1.165) is 14.7 Å². The smallest absolute Gasteiger partial charge is 0.252 e. The van der Waals surface area contributed by atoms with Gasteiger partial charge in [-0.25, -0.2) is 8.42 Å². The van der Waals surface area contributed by atoms with Crippen LogP contribution < -0.4 is 5.32 Å². The van der Waals surface area contributed by atoms with Crippen LogP contribution in [-0.2, 0) is 14.8 Å². The summed E-state index contributed by atoms with van der Waals surface area (Å²) in [4.78, 5) is 17.1. The number of halogens is 1. The largest absolute Gasteiger partial charge is 0.324 e. The van der Waals surface area contributed by atoms with Gasteiger partial charge in [-0.1, -0.05) is 18.2 Å². The third-order valence-corrected chi connectivity index (χ3v) is 8.85. The Morgan fingerprint density at radius 2 is 1.89 bits per heavy atom. The maximum atomic E-state index is 12.7. The molecule has 4 rings (SSSR count). The lowest BCUT2D eigenvalue weighted by Gasteiger charge is -2.30. The number of amides is 1. The second kappa shape index (κ2) is 7.90. The second-order valence-electron chi connectivity index (χ2n) is 6.61. The van der Waals surface area contributed by atoms with Crippen molar-refractivity contribution in [2.75, 3.05) is 18.4 Å². The lowest BCUT2D eigenvalue weighted by atomic mass is 9.97. The van der Waals surface area contributed by atoms with Crippen LogP contribution in [0, 0.1) is 5.92 Å². The van der Waals surface area contributed by atoms with Gasteiger partial charge in [0.25, 0.3) is 10.0 Å². The molecule has 0 spiro atoms. The van der Waals surface area contributed by atoms with Crippen LogP contribution in [0.1, 0.15) is 12.8 Å². The highest BCUT2D eigenvalue weighted by atomic mass is 79.9. The van der Waals surface area contributed by atoms with E-state index in [9.17, 15) is 13.2 Å². The molecule has 0 atom stereocenters. The number of carbonyl (C=O) groups excluding carboxylic acids is 1. The summed E-state index contributed by atoms with van der Waals surface area (Å²) in [5.41, 5.74) is 1.43. The van der Waals surface area contributed by atoms with Crippen LogP contribution in [0.5, 0.6) is 0 Å². The molecular formula is C19H18BrN3O3S2. The molecule has 0 saturated carbocycles. The molecule has 1 fully saturated rings. The number of para-hydroxylation sites is 1. The first-order chi connectivity index (χ1) is 13.4. The van der Waals surface area contributed by atoms with Gasteiger partial charge >= 0.3 is 0 Å². The maximum Gasteiger partial charge on any atom is 0.252 e. The van der Waals surface area contributed by atoms with E-state index < -0.39 is 10.0 Å². The topological polar surface area (TPSA) is 79.4 Å². The average molecular weight is 480 g/mol. The van der Waals surface area contributed by atoms with Crippen molar-refractivity contribution in [2.45, 2.75) is 17.1 Å². The van der Waals surface area contributed by atoms with Gasteiger partial charge < -0.3 is 5.32 Å². The summed E-state index contributed by atoms with van der Waals surface area (Å²) in [6.07, 6.45) is 2.69. The second-order valence-corrected chi connectivity index (χ2v) is 11.2. The summed E-state index contributed by atoms with van der Waals surface area (Å²) in [7, 11) is -3.50. The lowest BCUT2D eigenvalue weighted by molar-refractivity contribution is -0.120. The van der Waals surface area contributed by atoms with Gasteiger partial charge in [-0.2, -0.15) is 4.31 Å². The normalized spacial score (nSPS) is 16.3. The van der Waals surface area contributed by atoms with Crippen LogP contribution in [-0.4, -0.2) is 36.7 Å². The van der Waals surface area contributed by atoms with E-state index in [0.29, 0.717) is 35.8 Å². The van der Waals surface area contributed by atoms with Crippen LogP contribution >= 0.6 is 27.3 Å². The Morgan fingerprint density at radius 3 is 2.61 bits per heavy atom. The Hall–Kier alpha value is -1.81. The summed E-state index contributed by atoms with van der Waals surface area (Å²) >= 11 is 4.50. The fraction of sp³-hybridized carbons (Fsp3) is 0.263. The van der Waals surface area contributed by atoms with Crippen LogP contribution in [0.25, 0.3) is 10.9 Å². The Balaban J connectivity index is 1.43. The molecule has 1 aliphatic heterocycles. The van der Waals surface area contributed by atoms with Crippen LogP contribution in [0.3, 0.4) is 0 Å². The number of sulfonamides is 1. The summed E-state index contributed by atoms with van der Waals surface area (Å²) in [6, 6.07) is 12.8. The van der Waals surface area contributed by atoms with Crippen LogP contribution in [0.4, 0.5) is 5.69 Å². The molecule has 9 heteroatoms. The monoisotopic (exact) mass is 479 g/mol. The van der Waals surface area contributed by atoms with Gasteiger partial charge in [0.2, 0.25) is 5.91 Å². The van der Waals surface area contributed by atoms with Gasteiger partial charge in [0.1, 0.15) is 4.21 Å². The molecule has 146 valence electrons. The van der Waals surface area contributed by atoms with Crippen molar-refractivity contribution >= 4 is 59.8 Å². The Labute approximate surface area is 175 Å². The first-order valence-corrected chi connectivity index (χ1v) is 11.9. The number of carbonyl (C=O) groups is 1. The molecule has 6 nitrogen and oxygen atoms in total. The van der Waals surface area contributed by atoms with Crippen molar-refractivity contribution in [1.82, 2.24) is 9.29 Å². The highest BCUT2D eigenvalue weighted by Gasteiger charge is 2.33. The molecule has 3 aromatic rings. The number of piperidine rings is 1. The van der Waals surface area contributed by atoms with E-state index in [-0.39, 0.29) is 11.8 Å². The van der Waals surface area contributed by atoms with E-state index >= 15 is 0 Å². The molecule has 2 aromatic heterocycles. The molecule has 0 aliphatic carbocycles. The van der Waals surface area contributed by atoms with Gasteiger partial charge in [-0.15, -0.1) is 11.3 Å². The summed E-state index contributed by atoms with van der Waals surface area (Å²) in [5.74, 6) is -0.311. The van der Waals surface area contributed by atoms with E-state index in [1.165, 1.54) is 15.6 Å². The number of hydrogen-bond donors (Lipinski definition) is 1. The number of hydrogen-bond acceptors (Lipinski definition) is 5. The van der Waals surface area contributed by atoms with Crippen molar-refractivity contribution in [3.63, 3.8) is 0 Å². The quantitative estimate of drug-likeness (QED) is 0.610. The molecule has 28 heavy (non-hydrogen) atoms. The first kappa shape index (κ1) is 19.5. The molecule has 3 heterocycles. The Bertz CT molecular complexity index is 1120. The lowest BCUT2D eigenvalue weighted by Crippen LogP contribution is -2.41. The van der Waals surface area contributed by atoms with Crippen molar-refractivity contribution in [2.24, 2.45) is 5.92 Å². The fourth-order valence-corrected chi connectivity index (χ4v) is 7.00. The molecule has 1 saturated heterocycles. The minimum atomic E-state index is -3.50. The van der Waals surface area contributed by atoms with Gasteiger partial charge in [-0.3, -0.25) is 9.78 Å². The van der Waals surface area contributed by atoms with Gasteiger partial charge in [-0.05, 0) is 53.0 Å². The van der Waals surface area contributed by atoms with Crippen molar-refractivity contribution in [3.05, 3.63) is 52.4 Å². The van der Waals surface area contributed by atoms with Gasteiger partial charge in [0, 0.05) is 30.6 Å². The number of rotatable bonds is 4. The zero-order chi connectivity index (χ0) is 19.7. The Kier molecular flexibility index (Phi) is 5.50. The van der Waals surface area contributed by atoms with Crippen molar-refractivity contribution in [1.29, 1.82) is 0 Å². The number of pyridine rings is 1. The molecule has 0 radical (unpaired) electrons.